The minimum Gasteiger partial charge on any atom is -0.357 e. The Morgan fingerprint density at radius 1 is 1.32 bits per heavy atom. The highest BCUT2D eigenvalue weighted by Crippen LogP contribution is 2.30. The van der Waals surface area contributed by atoms with Crippen molar-refractivity contribution in [2.24, 2.45) is 5.92 Å². The van der Waals surface area contributed by atoms with Crippen molar-refractivity contribution in [3.8, 4) is 0 Å². The summed E-state index contributed by atoms with van der Waals surface area (Å²) in [7, 11) is 1.66. The fourth-order valence-corrected chi connectivity index (χ4v) is 2.22. The molecule has 0 radical (unpaired) electrons. The summed E-state index contributed by atoms with van der Waals surface area (Å²) < 4.78 is 39.8. The Labute approximate surface area is 142 Å². The molecular weight excluding hydrogens is 337 g/mol. The van der Waals surface area contributed by atoms with Gasteiger partial charge in [-0.25, -0.2) is 9.97 Å². The van der Waals surface area contributed by atoms with Gasteiger partial charge in [0.25, 0.3) is 5.91 Å². The van der Waals surface area contributed by atoms with Gasteiger partial charge in [-0.05, 0) is 18.9 Å². The van der Waals surface area contributed by atoms with E-state index in [0.29, 0.717) is 11.6 Å². The number of hydrogen-bond donors (Lipinski definition) is 2. The summed E-state index contributed by atoms with van der Waals surface area (Å²) in [5.74, 6) is -0.248. The summed E-state index contributed by atoms with van der Waals surface area (Å²) in [6.07, 6.45) is -1.72. The molecule has 25 heavy (non-hydrogen) atoms. The van der Waals surface area contributed by atoms with E-state index in [1.54, 1.807) is 14.0 Å². The highest BCUT2D eigenvalue weighted by Gasteiger charge is 2.35. The zero-order valence-electron chi connectivity index (χ0n) is 14.1. The van der Waals surface area contributed by atoms with Gasteiger partial charge in [0.1, 0.15) is 5.69 Å². The van der Waals surface area contributed by atoms with E-state index in [4.69, 9.17) is 0 Å². The highest BCUT2D eigenvalue weighted by atomic mass is 19.4. The number of aryl methyl sites for hydroxylation is 1. The molecular formula is C15H19F3N6O. The third-order valence-corrected chi connectivity index (χ3v) is 3.43. The van der Waals surface area contributed by atoms with Crippen LogP contribution in [0.1, 0.15) is 28.7 Å². The molecule has 10 heteroatoms. The van der Waals surface area contributed by atoms with Gasteiger partial charge in [0.2, 0.25) is 5.95 Å². The van der Waals surface area contributed by atoms with Crippen molar-refractivity contribution in [2.45, 2.75) is 26.6 Å². The van der Waals surface area contributed by atoms with E-state index in [1.165, 1.54) is 19.3 Å². The smallest absolute Gasteiger partial charge is 0.357 e. The van der Waals surface area contributed by atoms with Crippen molar-refractivity contribution in [3.05, 3.63) is 35.4 Å². The average molecular weight is 356 g/mol. The Balaban J connectivity index is 1.94. The van der Waals surface area contributed by atoms with Gasteiger partial charge < -0.3 is 10.6 Å². The van der Waals surface area contributed by atoms with Crippen molar-refractivity contribution in [1.82, 2.24) is 25.1 Å². The number of nitrogens with zero attached hydrogens (tertiary/aromatic N) is 4. The number of carbonyl (C=O) groups excluding carboxylic acids is 1. The second kappa shape index (κ2) is 7.49. The molecule has 7 nitrogen and oxygen atoms in total. The summed E-state index contributed by atoms with van der Waals surface area (Å²) in [5, 5.41) is 9.27. The molecule has 0 aromatic carbocycles. The minimum absolute atomic E-state index is 0.0398. The van der Waals surface area contributed by atoms with Crippen molar-refractivity contribution >= 4 is 11.9 Å². The maximum absolute atomic E-state index is 13.0. The van der Waals surface area contributed by atoms with Gasteiger partial charge in [-0.3, -0.25) is 9.48 Å². The SMILES string of the molecule is CNc1ncc(C(=O)NC[C@@H](C)Cn2nc(C)cc2C(F)(F)F)cn1. The minimum atomic E-state index is -4.46. The lowest BCUT2D eigenvalue weighted by Gasteiger charge is -2.16. The highest BCUT2D eigenvalue weighted by molar-refractivity contribution is 5.93. The molecule has 2 aromatic rings. The maximum Gasteiger partial charge on any atom is 0.433 e. The first kappa shape index (κ1) is 18.7. The Morgan fingerprint density at radius 2 is 1.96 bits per heavy atom. The fourth-order valence-electron chi connectivity index (χ4n) is 2.22. The zero-order chi connectivity index (χ0) is 18.6. The van der Waals surface area contributed by atoms with Crippen molar-refractivity contribution in [1.29, 1.82) is 0 Å². The number of nitrogens with one attached hydrogen (secondary N) is 2. The predicted octanol–water partition coefficient (Wildman–Crippen LogP) is 2.11. The van der Waals surface area contributed by atoms with Crippen LogP contribution in [0.3, 0.4) is 0 Å². The standard InChI is InChI=1S/C15H19F3N6O/c1-9(8-24-12(15(16,17)18)4-10(2)23-24)5-20-13(25)11-6-21-14(19-3)22-7-11/h4,6-7,9H,5,8H2,1-3H3,(H,20,25)(H,19,21,22)/t9-/m1/s1. The van der Waals surface area contributed by atoms with Crippen LogP contribution < -0.4 is 10.6 Å². The molecule has 2 heterocycles. The van der Waals surface area contributed by atoms with E-state index in [0.717, 1.165) is 10.7 Å². The predicted molar refractivity (Wildman–Crippen MR) is 85.0 cm³/mol. The lowest BCUT2D eigenvalue weighted by atomic mass is 10.1. The number of rotatable bonds is 6. The topological polar surface area (TPSA) is 84.7 Å². The molecule has 0 aliphatic rings. The molecule has 2 aromatic heterocycles. The average Bonchev–Trinajstić information content (AvgIpc) is 2.93. The normalized spacial score (nSPS) is 12.7. The zero-order valence-corrected chi connectivity index (χ0v) is 14.1. The molecule has 136 valence electrons. The van der Waals surface area contributed by atoms with Crippen LogP contribution in [0.4, 0.5) is 19.1 Å². The molecule has 0 saturated heterocycles. The molecule has 2 N–H and O–H groups in total. The van der Waals surface area contributed by atoms with Crippen LogP contribution in [0.25, 0.3) is 0 Å². The van der Waals surface area contributed by atoms with E-state index >= 15 is 0 Å². The molecule has 0 aliphatic heterocycles. The van der Waals surface area contributed by atoms with Gasteiger partial charge in [0.15, 0.2) is 0 Å². The van der Waals surface area contributed by atoms with Crippen LogP contribution in [0.15, 0.2) is 18.5 Å². The summed E-state index contributed by atoms with van der Waals surface area (Å²) in [6.45, 7) is 3.48. The van der Waals surface area contributed by atoms with Gasteiger partial charge in [0.05, 0.1) is 11.3 Å². The Hall–Kier alpha value is -2.65. The van der Waals surface area contributed by atoms with Crippen LogP contribution in [-0.4, -0.2) is 39.2 Å². The third-order valence-electron chi connectivity index (χ3n) is 3.43. The van der Waals surface area contributed by atoms with Crippen molar-refractivity contribution < 1.29 is 18.0 Å². The molecule has 0 unspecified atom stereocenters. The number of alkyl halides is 3. The van der Waals surface area contributed by atoms with Crippen LogP contribution >= 0.6 is 0 Å². The lowest BCUT2D eigenvalue weighted by Crippen LogP contribution is -2.31. The van der Waals surface area contributed by atoms with Crippen LogP contribution in [0.2, 0.25) is 0 Å². The fraction of sp³-hybridized carbons (Fsp3) is 0.467. The first-order chi connectivity index (χ1) is 11.7. The number of amides is 1. The number of anilines is 1. The van der Waals surface area contributed by atoms with Gasteiger partial charge in [-0.2, -0.15) is 18.3 Å². The van der Waals surface area contributed by atoms with Gasteiger partial charge in [-0.1, -0.05) is 6.92 Å². The number of aromatic nitrogens is 4. The molecule has 1 amide bonds. The maximum atomic E-state index is 13.0. The summed E-state index contributed by atoms with van der Waals surface area (Å²) in [6, 6.07) is 1.01. The number of halogens is 3. The molecule has 0 spiro atoms. The summed E-state index contributed by atoms with van der Waals surface area (Å²) >= 11 is 0. The van der Waals surface area contributed by atoms with Gasteiger partial charge in [0, 0.05) is 32.5 Å². The van der Waals surface area contributed by atoms with Crippen molar-refractivity contribution in [3.63, 3.8) is 0 Å². The number of carbonyl (C=O) groups is 1. The molecule has 0 aliphatic carbocycles. The molecule has 2 rings (SSSR count). The van der Waals surface area contributed by atoms with E-state index in [2.05, 4.69) is 25.7 Å². The molecule has 0 bridgehead atoms. The van der Waals surface area contributed by atoms with E-state index in [1.807, 2.05) is 0 Å². The number of hydrogen-bond acceptors (Lipinski definition) is 5. The van der Waals surface area contributed by atoms with E-state index < -0.39 is 11.9 Å². The lowest BCUT2D eigenvalue weighted by molar-refractivity contribution is -0.144. The first-order valence-electron chi connectivity index (χ1n) is 7.60. The molecule has 1 atom stereocenters. The largest absolute Gasteiger partial charge is 0.433 e. The molecule has 0 saturated carbocycles. The third kappa shape index (κ3) is 4.91. The summed E-state index contributed by atoms with van der Waals surface area (Å²) in [4.78, 5) is 19.9. The second-order valence-electron chi connectivity index (χ2n) is 5.71. The molecule has 0 fully saturated rings. The monoisotopic (exact) mass is 356 g/mol. The van der Waals surface area contributed by atoms with Crippen LogP contribution in [-0.2, 0) is 12.7 Å². The van der Waals surface area contributed by atoms with Crippen LogP contribution in [0, 0.1) is 12.8 Å². The van der Waals surface area contributed by atoms with Gasteiger partial charge in [-0.15, -0.1) is 0 Å². The Morgan fingerprint density at radius 3 is 2.52 bits per heavy atom. The van der Waals surface area contributed by atoms with Gasteiger partial charge >= 0.3 is 6.18 Å². The summed E-state index contributed by atoms with van der Waals surface area (Å²) in [5.41, 5.74) is -0.221. The quantitative estimate of drug-likeness (QED) is 0.828. The first-order valence-corrected chi connectivity index (χ1v) is 7.60. The second-order valence-corrected chi connectivity index (χ2v) is 5.71. The Bertz CT molecular complexity index is 726. The Kier molecular flexibility index (Phi) is 5.60. The van der Waals surface area contributed by atoms with Crippen LogP contribution in [0.5, 0.6) is 0 Å². The van der Waals surface area contributed by atoms with E-state index in [-0.39, 0.29) is 30.5 Å². The van der Waals surface area contributed by atoms with Crippen molar-refractivity contribution in [2.75, 3.05) is 18.9 Å². The van der Waals surface area contributed by atoms with E-state index in [9.17, 15) is 18.0 Å².